The number of hydrogen-bond donors (Lipinski definition) is 2. The van der Waals surface area contributed by atoms with Gasteiger partial charge in [0.05, 0.1) is 12.1 Å². The summed E-state index contributed by atoms with van der Waals surface area (Å²) in [5, 5.41) is 13.6. The second kappa shape index (κ2) is 6.81. The number of likely N-dealkylation sites (tertiary alicyclic amines) is 1. The van der Waals surface area contributed by atoms with Gasteiger partial charge in [-0.1, -0.05) is 30.3 Å². The van der Waals surface area contributed by atoms with Crippen LogP contribution in [0.25, 0.3) is 0 Å². The first kappa shape index (κ1) is 14.9. The minimum Gasteiger partial charge on any atom is -0.388 e. The molecule has 0 spiro atoms. The third-order valence-corrected chi connectivity index (χ3v) is 5.29. The van der Waals surface area contributed by atoms with Crippen molar-refractivity contribution in [3.8, 4) is 0 Å². The van der Waals surface area contributed by atoms with Gasteiger partial charge in [-0.3, -0.25) is 10.1 Å². The summed E-state index contributed by atoms with van der Waals surface area (Å²) in [6.45, 7) is 0.827. The van der Waals surface area contributed by atoms with Gasteiger partial charge in [0.1, 0.15) is 0 Å². The Labute approximate surface area is 129 Å². The number of aliphatic hydroxyl groups excluding tert-OH is 1. The van der Waals surface area contributed by atoms with Crippen molar-refractivity contribution in [3.63, 3.8) is 0 Å². The molecule has 5 heteroatoms. The molecule has 2 aliphatic rings. The van der Waals surface area contributed by atoms with Crippen molar-refractivity contribution < 1.29 is 9.90 Å². The van der Waals surface area contributed by atoms with Crippen molar-refractivity contribution in [1.82, 2.24) is 10.2 Å². The lowest BCUT2D eigenvalue weighted by molar-refractivity contribution is -0.133. The Bertz CT molecular complexity index is 476. The molecule has 2 heterocycles. The Morgan fingerprint density at radius 3 is 2.95 bits per heavy atom. The Morgan fingerprint density at radius 2 is 2.24 bits per heavy atom. The van der Waals surface area contributed by atoms with E-state index in [0.717, 1.165) is 36.6 Å². The predicted octanol–water partition coefficient (Wildman–Crippen LogP) is 1.76. The minimum atomic E-state index is -0.490. The van der Waals surface area contributed by atoms with Crippen LogP contribution in [0, 0.1) is 0 Å². The van der Waals surface area contributed by atoms with E-state index in [1.54, 1.807) is 11.8 Å². The summed E-state index contributed by atoms with van der Waals surface area (Å²) in [5.74, 6) is 1.94. The number of carbonyl (C=O) groups excluding carboxylic acids is 1. The van der Waals surface area contributed by atoms with Crippen LogP contribution in [0.1, 0.15) is 30.9 Å². The van der Waals surface area contributed by atoms with Crippen molar-refractivity contribution in [3.05, 3.63) is 35.9 Å². The number of carbonyl (C=O) groups is 1. The first-order chi connectivity index (χ1) is 10.3. The van der Waals surface area contributed by atoms with Crippen molar-refractivity contribution in [2.75, 3.05) is 18.2 Å². The summed E-state index contributed by atoms with van der Waals surface area (Å²) >= 11 is 1.77. The second-order valence-electron chi connectivity index (χ2n) is 5.76. The quantitative estimate of drug-likeness (QED) is 0.890. The van der Waals surface area contributed by atoms with Crippen LogP contribution in [0.5, 0.6) is 0 Å². The number of hydrogen-bond acceptors (Lipinski definition) is 4. The maximum atomic E-state index is 12.5. The predicted molar refractivity (Wildman–Crippen MR) is 85.0 cm³/mol. The Hall–Kier alpha value is -1.04. The lowest BCUT2D eigenvalue weighted by Gasteiger charge is -2.28. The third-order valence-electron chi connectivity index (χ3n) is 4.35. The number of rotatable bonds is 4. The monoisotopic (exact) mass is 306 g/mol. The van der Waals surface area contributed by atoms with Gasteiger partial charge in [-0.05, 0) is 24.8 Å². The zero-order valence-corrected chi connectivity index (χ0v) is 12.9. The van der Waals surface area contributed by atoms with Gasteiger partial charge in [0.2, 0.25) is 5.91 Å². The van der Waals surface area contributed by atoms with E-state index in [1.807, 2.05) is 35.2 Å². The molecule has 3 rings (SSSR count). The van der Waals surface area contributed by atoms with Gasteiger partial charge < -0.3 is 10.0 Å². The second-order valence-corrected chi connectivity index (χ2v) is 6.79. The average molecular weight is 306 g/mol. The maximum absolute atomic E-state index is 12.5. The van der Waals surface area contributed by atoms with Gasteiger partial charge in [0, 0.05) is 24.2 Å². The first-order valence-corrected chi connectivity index (χ1v) is 8.76. The fourth-order valence-corrected chi connectivity index (χ4v) is 4.13. The zero-order valence-electron chi connectivity index (χ0n) is 12.1. The average Bonchev–Trinajstić information content (AvgIpc) is 3.19. The van der Waals surface area contributed by atoms with Crippen molar-refractivity contribution in [1.29, 1.82) is 0 Å². The van der Waals surface area contributed by atoms with Gasteiger partial charge >= 0.3 is 0 Å². The summed E-state index contributed by atoms with van der Waals surface area (Å²) in [5.41, 5.74) is 0.936. The third kappa shape index (κ3) is 3.42. The molecule has 1 aromatic rings. The van der Waals surface area contributed by atoms with Crippen LogP contribution in [0.4, 0.5) is 0 Å². The fourth-order valence-electron chi connectivity index (χ4n) is 3.19. The maximum Gasteiger partial charge on any atom is 0.240 e. The Morgan fingerprint density at radius 1 is 1.43 bits per heavy atom. The molecule has 1 aromatic carbocycles. The highest BCUT2D eigenvalue weighted by Gasteiger charge is 2.35. The standard InChI is InChI=1S/C16H22N2O2S/c19-15(12-5-2-1-3-6-12)9-13-7-4-8-18(13)16(20)14-10-21-11-17-14/h1-3,5-6,13-15,17,19H,4,7-11H2. The van der Waals surface area contributed by atoms with Gasteiger partial charge in [0.15, 0.2) is 0 Å². The van der Waals surface area contributed by atoms with Crippen LogP contribution in [0.3, 0.4) is 0 Å². The molecule has 1 amide bonds. The molecule has 2 aliphatic heterocycles. The van der Waals surface area contributed by atoms with Crippen LogP contribution in [-0.4, -0.2) is 46.2 Å². The molecule has 2 fully saturated rings. The molecule has 0 bridgehead atoms. The highest BCUT2D eigenvalue weighted by molar-refractivity contribution is 7.99. The molecule has 0 aromatic heterocycles. The van der Waals surface area contributed by atoms with E-state index in [4.69, 9.17) is 0 Å². The van der Waals surface area contributed by atoms with Crippen LogP contribution in [-0.2, 0) is 4.79 Å². The molecule has 2 N–H and O–H groups in total. The molecule has 21 heavy (non-hydrogen) atoms. The SMILES string of the molecule is O=C(C1CSCN1)N1CCCC1CC(O)c1ccccc1. The Kier molecular flexibility index (Phi) is 4.83. The number of nitrogens with zero attached hydrogens (tertiary/aromatic N) is 1. The smallest absolute Gasteiger partial charge is 0.240 e. The van der Waals surface area contributed by atoms with Gasteiger partial charge in [-0.2, -0.15) is 0 Å². The number of nitrogens with one attached hydrogen (secondary N) is 1. The lowest BCUT2D eigenvalue weighted by Crippen LogP contribution is -2.47. The summed E-state index contributed by atoms with van der Waals surface area (Å²) in [4.78, 5) is 14.5. The molecule has 0 radical (unpaired) electrons. The first-order valence-electron chi connectivity index (χ1n) is 7.60. The van der Waals surface area contributed by atoms with E-state index in [1.165, 1.54) is 0 Å². The molecule has 2 saturated heterocycles. The van der Waals surface area contributed by atoms with E-state index in [2.05, 4.69) is 5.32 Å². The van der Waals surface area contributed by atoms with Crippen molar-refractivity contribution in [2.24, 2.45) is 0 Å². The van der Waals surface area contributed by atoms with Crippen LogP contribution < -0.4 is 5.32 Å². The largest absolute Gasteiger partial charge is 0.388 e. The number of aliphatic hydroxyl groups is 1. The minimum absolute atomic E-state index is 0.0375. The molecular weight excluding hydrogens is 284 g/mol. The molecular formula is C16H22N2O2S. The van der Waals surface area contributed by atoms with Gasteiger partial charge in [-0.15, -0.1) is 11.8 Å². The number of thioether (sulfide) groups is 1. The van der Waals surface area contributed by atoms with E-state index in [9.17, 15) is 9.90 Å². The summed E-state index contributed by atoms with van der Waals surface area (Å²) in [6.07, 6.45) is 2.18. The highest BCUT2D eigenvalue weighted by Crippen LogP contribution is 2.28. The summed E-state index contributed by atoms with van der Waals surface area (Å²) in [7, 11) is 0. The van der Waals surface area contributed by atoms with Crippen LogP contribution >= 0.6 is 11.8 Å². The molecule has 0 aliphatic carbocycles. The number of benzene rings is 1. The van der Waals surface area contributed by atoms with Crippen molar-refractivity contribution in [2.45, 2.75) is 37.5 Å². The summed E-state index contributed by atoms with van der Waals surface area (Å²) in [6, 6.07) is 9.85. The molecule has 4 nitrogen and oxygen atoms in total. The van der Waals surface area contributed by atoms with Gasteiger partial charge in [0.25, 0.3) is 0 Å². The van der Waals surface area contributed by atoms with Crippen molar-refractivity contribution >= 4 is 17.7 Å². The van der Waals surface area contributed by atoms with Gasteiger partial charge in [-0.25, -0.2) is 0 Å². The highest BCUT2D eigenvalue weighted by atomic mass is 32.2. The molecule has 114 valence electrons. The Balaban J connectivity index is 1.62. The molecule has 0 saturated carbocycles. The fraction of sp³-hybridized carbons (Fsp3) is 0.562. The summed E-state index contributed by atoms with van der Waals surface area (Å²) < 4.78 is 0. The normalized spacial score (nSPS) is 27.0. The zero-order chi connectivity index (χ0) is 14.7. The van der Waals surface area contributed by atoms with Crippen LogP contribution in [0.2, 0.25) is 0 Å². The van der Waals surface area contributed by atoms with Crippen LogP contribution in [0.15, 0.2) is 30.3 Å². The topological polar surface area (TPSA) is 52.6 Å². The van der Waals surface area contributed by atoms with E-state index < -0.39 is 6.10 Å². The molecule has 3 atom stereocenters. The van der Waals surface area contributed by atoms with E-state index in [0.29, 0.717) is 6.42 Å². The lowest BCUT2D eigenvalue weighted by atomic mass is 10.0. The van der Waals surface area contributed by atoms with E-state index in [-0.39, 0.29) is 18.0 Å². The number of amides is 1. The van der Waals surface area contributed by atoms with E-state index >= 15 is 0 Å². The molecule has 3 unspecified atom stereocenters.